The lowest BCUT2D eigenvalue weighted by Gasteiger charge is -2.04. The molecule has 0 fully saturated rings. The van der Waals surface area contributed by atoms with Gasteiger partial charge in [0, 0.05) is 0 Å². The minimum absolute atomic E-state index is 0.631. The summed E-state index contributed by atoms with van der Waals surface area (Å²) in [5, 5.41) is 6.10. The molecule has 0 spiro atoms. The van der Waals surface area contributed by atoms with Crippen LogP contribution in [-0.2, 0) is 10.0 Å². The molecule has 2 aromatic rings. The fourth-order valence-corrected chi connectivity index (χ4v) is 1.93. The molecule has 0 unspecified atom stereocenters. The van der Waals surface area contributed by atoms with Gasteiger partial charge in [-0.15, -0.1) is 0 Å². The third-order valence-corrected chi connectivity index (χ3v) is 2.97. The minimum Gasteiger partial charge on any atom is -0.206 e. The highest BCUT2D eigenvalue weighted by Crippen LogP contribution is 2.16. The summed E-state index contributed by atoms with van der Waals surface area (Å²) in [6.07, 6.45) is 1.07. The molecule has 2 rings (SSSR count). The van der Waals surface area contributed by atoms with E-state index >= 15 is 0 Å². The van der Waals surface area contributed by atoms with Crippen molar-refractivity contribution >= 4 is 26.5 Å². The average Bonchev–Trinajstić information content (AvgIpc) is 2.34. The molecule has 1 N–H and O–H groups in total. The van der Waals surface area contributed by atoms with Crippen molar-refractivity contribution in [3.8, 4) is 0 Å². The Morgan fingerprint density at radius 2 is 1.78 bits per heavy atom. The predicted molar refractivity (Wildman–Crippen MR) is 74.1 cm³/mol. The van der Waals surface area contributed by atoms with Gasteiger partial charge < -0.3 is 0 Å². The maximum absolute atomic E-state index is 11.0. The van der Waals surface area contributed by atoms with Gasteiger partial charge in [-0.05, 0) is 29.3 Å². The second-order valence-corrected chi connectivity index (χ2v) is 5.85. The van der Waals surface area contributed by atoms with E-state index in [0.29, 0.717) is 5.71 Å². The van der Waals surface area contributed by atoms with Crippen LogP contribution in [0.1, 0.15) is 12.5 Å². The molecule has 4 nitrogen and oxygen atoms in total. The van der Waals surface area contributed by atoms with Crippen LogP contribution in [0, 0.1) is 0 Å². The number of fused-ring (bicyclic) bond motifs is 1. The van der Waals surface area contributed by atoms with E-state index < -0.39 is 10.0 Å². The lowest BCUT2D eigenvalue weighted by Crippen LogP contribution is -2.17. The van der Waals surface area contributed by atoms with Crippen LogP contribution in [0.3, 0.4) is 0 Å². The molecular weight excluding hydrogens is 248 g/mol. The quantitative estimate of drug-likeness (QED) is 0.680. The Labute approximate surface area is 106 Å². The van der Waals surface area contributed by atoms with E-state index in [-0.39, 0.29) is 0 Å². The van der Waals surface area contributed by atoms with E-state index in [1.165, 1.54) is 0 Å². The van der Waals surface area contributed by atoms with E-state index in [9.17, 15) is 8.42 Å². The molecule has 0 atom stereocenters. The van der Waals surface area contributed by atoms with Crippen LogP contribution in [0.25, 0.3) is 10.8 Å². The van der Waals surface area contributed by atoms with Crippen molar-refractivity contribution in [2.75, 3.05) is 6.26 Å². The third kappa shape index (κ3) is 3.07. The van der Waals surface area contributed by atoms with Crippen LogP contribution < -0.4 is 4.83 Å². The molecule has 0 radical (unpaired) electrons. The van der Waals surface area contributed by atoms with Gasteiger partial charge in [-0.25, -0.2) is 13.2 Å². The summed E-state index contributed by atoms with van der Waals surface area (Å²) in [6, 6.07) is 13.9. The van der Waals surface area contributed by atoms with E-state index in [0.717, 1.165) is 22.6 Å². The van der Waals surface area contributed by atoms with Gasteiger partial charge in [-0.3, -0.25) is 0 Å². The standard InChI is InChI=1S/C13H14N2O2S/c1-10(14-15-18(2,16)17)12-8-7-11-5-3-4-6-13(11)9-12/h3-9,15H,1-2H3/b14-10-. The minimum atomic E-state index is -3.31. The zero-order chi connectivity index (χ0) is 13.2. The Morgan fingerprint density at radius 3 is 2.44 bits per heavy atom. The Balaban J connectivity index is 2.36. The number of hydrogen-bond donors (Lipinski definition) is 1. The summed E-state index contributed by atoms with van der Waals surface area (Å²) in [5.41, 5.74) is 1.52. The molecule has 0 aromatic heterocycles. The van der Waals surface area contributed by atoms with Crippen LogP contribution in [-0.4, -0.2) is 20.4 Å². The van der Waals surface area contributed by atoms with Crippen molar-refractivity contribution in [3.05, 3.63) is 48.0 Å². The van der Waals surface area contributed by atoms with E-state index in [2.05, 4.69) is 9.93 Å². The number of nitrogens with one attached hydrogen (secondary N) is 1. The highest BCUT2D eigenvalue weighted by molar-refractivity contribution is 7.88. The van der Waals surface area contributed by atoms with Crippen molar-refractivity contribution < 1.29 is 8.42 Å². The Bertz CT molecular complexity index is 706. The highest BCUT2D eigenvalue weighted by atomic mass is 32.2. The number of hydrogen-bond acceptors (Lipinski definition) is 3. The van der Waals surface area contributed by atoms with Gasteiger partial charge >= 0.3 is 0 Å². The molecule has 0 aliphatic carbocycles. The van der Waals surface area contributed by atoms with Crippen LogP contribution in [0.4, 0.5) is 0 Å². The molecular formula is C13H14N2O2S. The summed E-state index contributed by atoms with van der Waals surface area (Å²) in [5.74, 6) is 0. The Hall–Kier alpha value is -1.88. The number of hydrazone groups is 1. The van der Waals surface area contributed by atoms with Crippen LogP contribution in [0.15, 0.2) is 47.6 Å². The second-order valence-electron chi connectivity index (χ2n) is 4.12. The van der Waals surface area contributed by atoms with E-state index in [1.54, 1.807) is 6.92 Å². The normalized spacial score (nSPS) is 12.7. The second kappa shape index (κ2) is 4.78. The van der Waals surface area contributed by atoms with Crippen molar-refractivity contribution in [2.45, 2.75) is 6.92 Å². The third-order valence-electron chi connectivity index (χ3n) is 2.55. The number of rotatable bonds is 3. The topological polar surface area (TPSA) is 58.5 Å². The maximum Gasteiger partial charge on any atom is 0.244 e. The molecule has 18 heavy (non-hydrogen) atoms. The number of nitrogens with zero attached hydrogens (tertiary/aromatic N) is 1. The summed E-state index contributed by atoms with van der Waals surface area (Å²) >= 11 is 0. The molecule has 5 heteroatoms. The molecule has 0 amide bonds. The zero-order valence-electron chi connectivity index (χ0n) is 10.2. The first kappa shape index (κ1) is 12.6. The molecule has 2 aromatic carbocycles. The fourth-order valence-electron chi connectivity index (χ4n) is 1.63. The summed E-state index contributed by atoms with van der Waals surface area (Å²) in [7, 11) is -3.31. The van der Waals surface area contributed by atoms with Crippen LogP contribution >= 0.6 is 0 Å². The summed E-state index contributed by atoms with van der Waals surface area (Å²) in [6.45, 7) is 1.77. The Morgan fingerprint density at radius 1 is 1.11 bits per heavy atom. The van der Waals surface area contributed by atoms with Crippen molar-refractivity contribution in [1.82, 2.24) is 4.83 Å². The summed E-state index contributed by atoms with van der Waals surface area (Å²) in [4.78, 5) is 2.13. The van der Waals surface area contributed by atoms with Gasteiger partial charge in [0.1, 0.15) is 0 Å². The van der Waals surface area contributed by atoms with Crippen LogP contribution in [0.2, 0.25) is 0 Å². The molecule has 0 bridgehead atoms. The molecule has 0 saturated carbocycles. The Kier molecular flexibility index (Phi) is 3.34. The highest BCUT2D eigenvalue weighted by Gasteiger charge is 2.01. The fraction of sp³-hybridized carbons (Fsp3) is 0.154. The average molecular weight is 262 g/mol. The van der Waals surface area contributed by atoms with Crippen molar-refractivity contribution in [1.29, 1.82) is 0 Å². The van der Waals surface area contributed by atoms with Crippen molar-refractivity contribution in [3.63, 3.8) is 0 Å². The van der Waals surface area contributed by atoms with Gasteiger partial charge in [0.05, 0.1) is 12.0 Å². The summed E-state index contributed by atoms with van der Waals surface area (Å²) < 4.78 is 21.9. The van der Waals surface area contributed by atoms with E-state index in [4.69, 9.17) is 0 Å². The smallest absolute Gasteiger partial charge is 0.206 e. The molecule has 0 aliphatic heterocycles. The predicted octanol–water partition coefficient (Wildman–Crippen LogP) is 2.11. The SMILES string of the molecule is C/C(=N/NS(C)(=O)=O)c1ccc2ccccc2c1. The van der Waals surface area contributed by atoms with Crippen molar-refractivity contribution in [2.24, 2.45) is 5.10 Å². The lowest BCUT2D eigenvalue weighted by molar-refractivity contribution is 0.590. The molecule has 0 heterocycles. The molecule has 94 valence electrons. The first-order chi connectivity index (χ1) is 8.46. The lowest BCUT2D eigenvalue weighted by atomic mass is 10.0. The molecule has 0 saturated heterocycles. The zero-order valence-corrected chi connectivity index (χ0v) is 11.0. The van der Waals surface area contributed by atoms with Gasteiger partial charge in [0.2, 0.25) is 10.0 Å². The first-order valence-electron chi connectivity index (χ1n) is 5.46. The monoisotopic (exact) mass is 262 g/mol. The van der Waals surface area contributed by atoms with Gasteiger partial charge in [-0.1, -0.05) is 36.4 Å². The van der Waals surface area contributed by atoms with E-state index in [1.807, 2.05) is 42.5 Å². The van der Waals surface area contributed by atoms with Crippen LogP contribution in [0.5, 0.6) is 0 Å². The maximum atomic E-state index is 11.0. The van der Waals surface area contributed by atoms with Gasteiger partial charge in [0.25, 0.3) is 0 Å². The van der Waals surface area contributed by atoms with Gasteiger partial charge in [-0.2, -0.15) is 5.10 Å². The number of sulfonamides is 1. The first-order valence-corrected chi connectivity index (χ1v) is 7.35. The molecule has 0 aliphatic rings. The number of benzene rings is 2. The largest absolute Gasteiger partial charge is 0.244 e. The van der Waals surface area contributed by atoms with Gasteiger partial charge in [0.15, 0.2) is 0 Å².